The number of hydrogen-bond acceptors (Lipinski definition) is 3. The summed E-state index contributed by atoms with van der Waals surface area (Å²) in [6.07, 6.45) is 6.34. The highest BCUT2D eigenvalue weighted by Crippen LogP contribution is 2.38. The Balaban J connectivity index is 2.08. The summed E-state index contributed by atoms with van der Waals surface area (Å²) in [5.41, 5.74) is 3.03. The fraction of sp³-hybridized carbons (Fsp3) is 0.652. The van der Waals surface area contributed by atoms with Crippen LogP contribution in [0, 0.1) is 0 Å². The van der Waals surface area contributed by atoms with Gasteiger partial charge >= 0.3 is 0 Å². The van der Waals surface area contributed by atoms with Gasteiger partial charge in [-0.1, -0.05) is 62.3 Å². The molecule has 0 bridgehead atoms. The van der Waals surface area contributed by atoms with Gasteiger partial charge in [-0.05, 0) is 41.9 Å². The number of rotatable bonds is 5. The van der Waals surface area contributed by atoms with Crippen molar-refractivity contribution in [2.75, 3.05) is 0 Å². The minimum atomic E-state index is 0.129. The zero-order valence-electron chi connectivity index (χ0n) is 18.1. The van der Waals surface area contributed by atoms with Gasteiger partial charge in [-0.15, -0.1) is 11.3 Å². The highest BCUT2D eigenvalue weighted by Gasteiger charge is 2.27. The number of hydrogen-bond donors (Lipinski definition) is 0. The second kappa shape index (κ2) is 7.42. The average Bonchev–Trinajstić information content (AvgIpc) is 3.03. The Morgan fingerprint density at radius 2 is 1.62 bits per heavy atom. The maximum Gasteiger partial charge on any atom is 0.0981 e. The third kappa shape index (κ3) is 5.16. The van der Waals surface area contributed by atoms with Crippen molar-refractivity contribution < 1.29 is 0 Å². The van der Waals surface area contributed by atoms with Crippen LogP contribution in [0.3, 0.4) is 0 Å². The molecule has 0 saturated heterocycles. The van der Waals surface area contributed by atoms with E-state index in [0.717, 1.165) is 12.8 Å². The zero-order chi connectivity index (χ0) is 19.8. The summed E-state index contributed by atoms with van der Waals surface area (Å²) in [5.74, 6) is 0.464. The van der Waals surface area contributed by atoms with Crippen LogP contribution >= 0.6 is 11.3 Å². The largest absolute Gasteiger partial charge is 0.261 e. The molecule has 2 nitrogen and oxygen atoms in total. The highest BCUT2D eigenvalue weighted by molar-refractivity contribution is 7.11. The Bertz CT molecular complexity index is 729. The first-order valence-electron chi connectivity index (χ1n) is 9.74. The smallest absolute Gasteiger partial charge is 0.0981 e. The summed E-state index contributed by atoms with van der Waals surface area (Å²) < 4.78 is 0. The molecule has 0 aliphatic heterocycles. The fourth-order valence-electron chi connectivity index (χ4n) is 2.97. The molecule has 1 atom stereocenters. The maximum atomic E-state index is 4.68. The molecule has 2 aromatic rings. The zero-order valence-corrected chi connectivity index (χ0v) is 18.9. The van der Waals surface area contributed by atoms with E-state index in [2.05, 4.69) is 90.6 Å². The van der Waals surface area contributed by atoms with Gasteiger partial charge in [0, 0.05) is 33.8 Å². The van der Waals surface area contributed by atoms with Crippen LogP contribution in [0.1, 0.15) is 102 Å². The molecule has 0 radical (unpaired) electrons. The summed E-state index contributed by atoms with van der Waals surface area (Å²) >= 11 is 1.87. The summed E-state index contributed by atoms with van der Waals surface area (Å²) in [6, 6.07) is 4.44. The molecule has 2 aromatic heterocycles. The van der Waals surface area contributed by atoms with Gasteiger partial charge in [-0.3, -0.25) is 4.98 Å². The Kier molecular flexibility index (Phi) is 6.02. The first-order chi connectivity index (χ1) is 11.8. The van der Waals surface area contributed by atoms with Crippen molar-refractivity contribution in [3.8, 4) is 0 Å². The monoisotopic (exact) mass is 372 g/mol. The van der Waals surface area contributed by atoms with Crippen LogP contribution in [0.4, 0.5) is 0 Å². The van der Waals surface area contributed by atoms with Gasteiger partial charge in [0.15, 0.2) is 0 Å². The molecule has 0 aromatic carbocycles. The lowest BCUT2D eigenvalue weighted by Gasteiger charge is -2.25. The van der Waals surface area contributed by atoms with E-state index in [9.17, 15) is 0 Å². The van der Waals surface area contributed by atoms with Crippen LogP contribution in [0.2, 0.25) is 0 Å². The van der Waals surface area contributed by atoms with E-state index in [4.69, 9.17) is 0 Å². The molecule has 0 fully saturated rings. The molecule has 0 aliphatic rings. The predicted octanol–water partition coefficient (Wildman–Crippen LogP) is 6.99. The Morgan fingerprint density at radius 1 is 0.962 bits per heavy atom. The number of pyridine rings is 1. The average molecular weight is 373 g/mol. The molecule has 144 valence electrons. The van der Waals surface area contributed by atoms with Gasteiger partial charge in [0.05, 0.1) is 5.01 Å². The van der Waals surface area contributed by atoms with Gasteiger partial charge < -0.3 is 0 Å². The van der Waals surface area contributed by atoms with Crippen LogP contribution in [0.5, 0.6) is 0 Å². The standard InChI is InChI=1S/C23H36N2S/c1-16(18-14-17(11-13-24-18)21(2,3)4)10-12-23(8,9)19-15-25-20(26-19)22(5,6)7/h11,13-16H,10,12H2,1-9H3. The molecule has 3 heteroatoms. The lowest BCUT2D eigenvalue weighted by molar-refractivity contribution is 0.443. The predicted molar refractivity (Wildman–Crippen MR) is 114 cm³/mol. The van der Waals surface area contributed by atoms with Crippen molar-refractivity contribution in [3.05, 3.63) is 45.7 Å². The molecule has 26 heavy (non-hydrogen) atoms. The van der Waals surface area contributed by atoms with E-state index >= 15 is 0 Å². The summed E-state index contributed by atoms with van der Waals surface area (Å²) in [5, 5.41) is 1.23. The maximum absolute atomic E-state index is 4.68. The van der Waals surface area contributed by atoms with E-state index in [1.54, 1.807) is 0 Å². The molecule has 1 unspecified atom stereocenters. The molecule has 0 saturated carbocycles. The van der Waals surface area contributed by atoms with Crippen LogP contribution in [-0.4, -0.2) is 9.97 Å². The van der Waals surface area contributed by atoms with Crippen molar-refractivity contribution in [3.63, 3.8) is 0 Å². The fourth-order valence-corrected chi connectivity index (χ4v) is 4.07. The molecule has 0 amide bonds. The second-order valence-electron chi connectivity index (χ2n) is 10.3. The third-order valence-electron chi connectivity index (χ3n) is 5.17. The summed E-state index contributed by atoms with van der Waals surface area (Å²) in [7, 11) is 0. The van der Waals surface area contributed by atoms with E-state index < -0.39 is 0 Å². The lowest BCUT2D eigenvalue weighted by Crippen LogP contribution is -2.17. The topological polar surface area (TPSA) is 25.8 Å². The van der Waals surface area contributed by atoms with E-state index in [-0.39, 0.29) is 16.2 Å². The molecular formula is C23H36N2S. The Morgan fingerprint density at radius 3 is 2.15 bits per heavy atom. The third-order valence-corrected chi connectivity index (χ3v) is 6.96. The van der Waals surface area contributed by atoms with Crippen LogP contribution in [0.25, 0.3) is 0 Å². The van der Waals surface area contributed by atoms with Gasteiger partial charge in [-0.2, -0.15) is 0 Å². The van der Waals surface area contributed by atoms with Crippen molar-refractivity contribution in [1.82, 2.24) is 9.97 Å². The van der Waals surface area contributed by atoms with Crippen molar-refractivity contribution in [2.45, 2.75) is 97.3 Å². The molecule has 0 N–H and O–H groups in total. The molecule has 2 heterocycles. The lowest BCUT2D eigenvalue weighted by atomic mass is 9.82. The van der Waals surface area contributed by atoms with Gasteiger partial charge in [-0.25, -0.2) is 4.98 Å². The van der Waals surface area contributed by atoms with E-state index in [1.807, 2.05) is 17.5 Å². The first-order valence-corrected chi connectivity index (χ1v) is 10.6. The van der Waals surface area contributed by atoms with Crippen molar-refractivity contribution in [1.29, 1.82) is 0 Å². The van der Waals surface area contributed by atoms with E-state index in [1.165, 1.54) is 21.1 Å². The number of aromatic nitrogens is 2. The minimum Gasteiger partial charge on any atom is -0.261 e. The first kappa shape index (κ1) is 21.1. The molecule has 0 aliphatic carbocycles. The van der Waals surface area contributed by atoms with Crippen LogP contribution < -0.4 is 0 Å². The van der Waals surface area contributed by atoms with Gasteiger partial charge in [0.2, 0.25) is 0 Å². The number of nitrogens with zero attached hydrogens (tertiary/aromatic N) is 2. The summed E-state index contributed by atoms with van der Waals surface area (Å²) in [6.45, 7) is 20.5. The molecular weight excluding hydrogens is 336 g/mol. The van der Waals surface area contributed by atoms with Crippen LogP contribution in [0.15, 0.2) is 24.5 Å². The summed E-state index contributed by atoms with van der Waals surface area (Å²) in [4.78, 5) is 10.7. The SMILES string of the molecule is CC(CCC(C)(C)c1cnc(C(C)(C)C)s1)c1cc(C(C)(C)C)ccn1. The normalized spacial score (nSPS) is 14.5. The van der Waals surface area contributed by atoms with Gasteiger partial charge in [0.1, 0.15) is 0 Å². The quantitative estimate of drug-likeness (QED) is 0.565. The Hall–Kier alpha value is -1.22. The highest BCUT2D eigenvalue weighted by atomic mass is 32.1. The molecule has 0 spiro atoms. The van der Waals surface area contributed by atoms with Crippen LogP contribution in [-0.2, 0) is 16.2 Å². The van der Waals surface area contributed by atoms with Crippen molar-refractivity contribution >= 4 is 11.3 Å². The Labute approximate surface area is 164 Å². The number of thiazole rings is 1. The van der Waals surface area contributed by atoms with E-state index in [0.29, 0.717) is 5.92 Å². The molecule has 2 rings (SSSR count). The van der Waals surface area contributed by atoms with Crippen molar-refractivity contribution in [2.24, 2.45) is 0 Å². The second-order valence-corrected chi connectivity index (χ2v) is 11.4. The van der Waals surface area contributed by atoms with Gasteiger partial charge in [0.25, 0.3) is 0 Å². The minimum absolute atomic E-state index is 0.129.